The SMILES string of the molecule is CCCOc1ccc(Cc2c(O)nc(NS(=O)(=O)c3ccc(C)cc3)[nH]c2=O)cc1C(=O)OC. The maximum Gasteiger partial charge on any atom is 0.341 e. The molecule has 0 radical (unpaired) electrons. The number of ether oxygens (including phenoxy) is 2. The highest BCUT2D eigenvalue weighted by Crippen LogP contribution is 2.24. The number of hydrogen-bond acceptors (Lipinski definition) is 8. The van der Waals surface area contributed by atoms with Gasteiger partial charge in [-0.05, 0) is 43.2 Å². The predicted octanol–water partition coefficient (Wildman–Crippen LogP) is 2.75. The van der Waals surface area contributed by atoms with Crippen LogP contribution < -0.4 is 15.0 Å². The number of rotatable bonds is 9. The van der Waals surface area contributed by atoms with Gasteiger partial charge in [-0.2, -0.15) is 4.98 Å². The lowest BCUT2D eigenvalue weighted by molar-refractivity contribution is 0.0596. The second-order valence-electron chi connectivity index (χ2n) is 7.48. The van der Waals surface area contributed by atoms with Gasteiger partial charge in [0.25, 0.3) is 15.6 Å². The average Bonchev–Trinajstić information content (AvgIpc) is 2.80. The topological polar surface area (TPSA) is 148 Å². The van der Waals surface area contributed by atoms with E-state index < -0.39 is 33.4 Å². The number of benzene rings is 2. The van der Waals surface area contributed by atoms with Gasteiger partial charge in [0.1, 0.15) is 11.3 Å². The van der Waals surface area contributed by atoms with Crippen LogP contribution in [0.5, 0.6) is 11.6 Å². The van der Waals surface area contributed by atoms with E-state index in [1.807, 2.05) is 13.8 Å². The molecule has 0 spiro atoms. The number of aromatic nitrogens is 2. The molecule has 3 aromatic rings. The molecule has 3 rings (SSSR count). The Morgan fingerprint density at radius 2 is 1.88 bits per heavy atom. The number of sulfonamides is 1. The predicted molar refractivity (Wildman–Crippen MR) is 125 cm³/mol. The molecule has 11 heteroatoms. The molecule has 3 N–H and O–H groups in total. The van der Waals surface area contributed by atoms with Gasteiger partial charge >= 0.3 is 5.97 Å². The molecular weight excluding hydrogens is 462 g/mol. The van der Waals surface area contributed by atoms with Crippen molar-refractivity contribution >= 4 is 21.9 Å². The molecule has 0 aliphatic heterocycles. The Hall–Kier alpha value is -3.86. The van der Waals surface area contributed by atoms with E-state index in [0.717, 1.165) is 12.0 Å². The number of nitrogens with zero attached hydrogens (tertiary/aromatic N) is 1. The van der Waals surface area contributed by atoms with Gasteiger partial charge < -0.3 is 14.6 Å². The molecular formula is C23H25N3O7S. The van der Waals surface area contributed by atoms with Crippen LogP contribution in [0.1, 0.15) is 40.4 Å². The third-order valence-corrected chi connectivity index (χ3v) is 6.20. The first-order valence-electron chi connectivity index (χ1n) is 10.4. The molecule has 0 fully saturated rings. The van der Waals surface area contributed by atoms with E-state index in [1.54, 1.807) is 24.3 Å². The fourth-order valence-electron chi connectivity index (χ4n) is 3.10. The lowest BCUT2D eigenvalue weighted by Gasteiger charge is -2.12. The standard InChI is InChI=1S/C23H25N3O7S/c1-4-11-33-19-10-7-15(12-17(19)22(29)32-3)13-18-20(27)24-23(25-21(18)28)26-34(30,31)16-8-5-14(2)6-9-16/h5-10,12H,4,11,13H2,1-3H3,(H3,24,25,26,27,28). The smallest absolute Gasteiger partial charge is 0.341 e. The molecule has 0 unspecified atom stereocenters. The normalized spacial score (nSPS) is 11.1. The average molecular weight is 488 g/mol. The number of H-pyrrole nitrogens is 1. The number of nitrogens with one attached hydrogen (secondary N) is 2. The van der Waals surface area contributed by atoms with Crippen LogP contribution >= 0.6 is 0 Å². The minimum absolute atomic E-state index is 0.0231. The van der Waals surface area contributed by atoms with Crippen molar-refractivity contribution in [3.05, 3.63) is 75.1 Å². The molecule has 10 nitrogen and oxygen atoms in total. The number of anilines is 1. The molecule has 2 aromatic carbocycles. The summed E-state index contributed by atoms with van der Waals surface area (Å²) in [6.07, 6.45) is 0.675. The molecule has 0 saturated heterocycles. The van der Waals surface area contributed by atoms with Crippen LogP contribution in [-0.4, -0.2) is 43.2 Å². The first-order valence-corrected chi connectivity index (χ1v) is 11.9. The molecule has 1 heterocycles. The molecule has 34 heavy (non-hydrogen) atoms. The number of carbonyl (C=O) groups excluding carboxylic acids is 1. The van der Waals surface area contributed by atoms with Crippen LogP contribution in [0.3, 0.4) is 0 Å². The van der Waals surface area contributed by atoms with Crippen LogP contribution in [-0.2, 0) is 21.2 Å². The van der Waals surface area contributed by atoms with E-state index in [0.29, 0.717) is 17.9 Å². The summed E-state index contributed by atoms with van der Waals surface area (Å²) in [5.41, 5.74) is 0.740. The van der Waals surface area contributed by atoms with Crippen LogP contribution in [0.2, 0.25) is 0 Å². The molecule has 1 aromatic heterocycles. The summed E-state index contributed by atoms with van der Waals surface area (Å²) in [5.74, 6) is -1.33. The quantitative estimate of drug-likeness (QED) is 0.390. The molecule has 180 valence electrons. The van der Waals surface area contributed by atoms with Crippen molar-refractivity contribution in [2.75, 3.05) is 18.4 Å². The Bertz CT molecular complexity index is 1350. The first-order chi connectivity index (χ1) is 16.1. The Morgan fingerprint density at radius 3 is 2.50 bits per heavy atom. The number of aromatic amines is 1. The summed E-state index contributed by atoms with van der Waals surface area (Å²) in [7, 11) is -2.78. The van der Waals surface area contributed by atoms with E-state index in [9.17, 15) is 23.1 Å². The molecule has 0 amide bonds. The van der Waals surface area contributed by atoms with Crippen molar-refractivity contribution in [2.24, 2.45) is 0 Å². The molecule has 0 aliphatic rings. The second kappa shape index (κ2) is 10.4. The minimum Gasteiger partial charge on any atom is -0.493 e. The third-order valence-electron chi connectivity index (χ3n) is 4.85. The zero-order valence-electron chi connectivity index (χ0n) is 18.9. The van der Waals surface area contributed by atoms with E-state index in [1.165, 1.54) is 25.3 Å². The van der Waals surface area contributed by atoms with Crippen molar-refractivity contribution in [2.45, 2.75) is 31.6 Å². The molecule has 0 aliphatic carbocycles. The summed E-state index contributed by atoms with van der Waals surface area (Å²) >= 11 is 0. The fourth-order valence-corrected chi connectivity index (χ4v) is 4.06. The van der Waals surface area contributed by atoms with Crippen molar-refractivity contribution in [3.8, 4) is 11.6 Å². The highest BCUT2D eigenvalue weighted by Gasteiger charge is 2.19. The Kier molecular flexibility index (Phi) is 7.57. The largest absolute Gasteiger partial charge is 0.493 e. The third kappa shape index (κ3) is 5.73. The summed E-state index contributed by atoms with van der Waals surface area (Å²) in [6, 6.07) is 10.8. The monoisotopic (exact) mass is 487 g/mol. The van der Waals surface area contributed by atoms with Crippen molar-refractivity contribution in [1.29, 1.82) is 0 Å². The Labute approximate surface area is 196 Å². The highest BCUT2D eigenvalue weighted by molar-refractivity contribution is 7.92. The van der Waals surface area contributed by atoms with E-state index in [4.69, 9.17) is 9.47 Å². The van der Waals surface area contributed by atoms with Crippen LogP contribution in [0.25, 0.3) is 0 Å². The van der Waals surface area contributed by atoms with Gasteiger partial charge in [0.15, 0.2) is 0 Å². The summed E-state index contributed by atoms with van der Waals surface area (Å²) in [4.78, 5) is 30.9. The maximum absolute atomic E-state index is 12.6. The van der Waals surface area contributed by atoms with Crippen molar-refractivity contribution in [1.82, 2.24) is 9.97 Å². The summed E-state index contributed by atoms with van der Waals surface area (Å²) in [6.45, 7) is 4.16. The van der Waals surface area contributed by atoms with Gasteiger partial charge in [-0.1, -0.05) is 30.7 Å². The van der Waals surface area contributed by atoms with Crippen LogP contribution in [0.15, 0.2) is 52.2 Å². The number of aromatic hydroxyl groups is 1. The van der Waals surface area contributed by atoms with Crippen LogP contribution in [0.4, 0.5) is 5.95 Å². The van der Waals surface area contributed by atoms with Crippen molar-refractivity contribution < 1.29 is 27.8 Å². The highest BCUT2D eigenvalue weighted by atomic mass is 32.2. The van der Waals surface area contributed by atoms with Gasteiger partial charge in [-0.25, -0.2) is 17.9 Å². The Morgan fingerprint density at radius 1 is 1.18 bits per heavy atom. The van der Waals surface area contributed by atoms with Gasteiger partial charge in [0.05, 0.1) is 24.2 Å². The van der Waals surface area contributed by atoms with E-state index in [-0.39, 0.29) is 22.4 Å². The number of hydrogen-bond donors (Lipinski definition) is 3. The lowest BCUT2D eigenvalue weighted by Crippen LogP contribution is -2.21. The number of esters is 1. The second-order valence-corrected chi connectivity index (χ2v) is 9.16. The molecule has 0 saturated carbocycles. The van der Waals surface area contributed by atoms with Gasteiger partial charge in [0.2, 0.25) is 11.8 Å². The van der Waals surface area contributed by atoms with Gasteiger partial charge in [-0.15, -0.1) is 0 Å². The van der Waals surface area contributed by atoms with Crippen molar-refractivity contribution in [3.63, 3.8) is 0 Å². The van der Waals surface area contributed by atoms with Crippen LogP contribution in [0, 0.1) is 6.92 Å². The lowest BCUT2D eigenvalue weighted by atomic mass is 10.0. The summed E-state index contributed by atoms with van der Waals surface area (Å²) < 4.78 is 37.6. The molecule has 0 atom stereocenters. The number of aryl methyl sites for hydroxylation is 1. The van der Waals surface area contributed by atoms with Gasteiger partial charge in [0, 0.05) is 6.42 Å². The fraction of sp³-hybridized carbons (Fsp3) is 0.261. The zero-order valence-corrected chi connectivity index (χ0v) is 19.7. The Balaban J connectivity index is 1.87. The summed E-state index contributed by atoms with van der Waals surface area (Å²) in [5, 5.41) is 10.4. The number of methoxy groups -OCH3 is 1. The zero-order chi connectivity index (χ0) is 24.9. The van der Waals surface area contributed by atoms with Gasteiger partial charge in [-0.3, -0.25) is 9.78 Å². The van der Waals surface area contributed by atoms with E-state index in [2.05, 4.69) is 14.7 Å². The number of carbonyl (C=O) groups is 1. The van der Waals surface area contributed by atoms with E-state index >= 15 is 0 Å². The molecule has 0 bridgehead atoms. The minimum atomic E-state index is -4.02. The maximum atomic E-state index is 12.6. The first kappa shape index (κ1) is 24.8.